The van der Waals surface area contributed by atoms with Crippen LogP contribution in [-0.4, -0.2) is 5.71 Å². The third-order valence-electron chi connectivity index (χ3n) is 4.55. The molecule has 0 spiro atoms. The summed E-state index contributed by atoms with van der Waals surface area (Å²) in [7, 11) is 0. The second-order valence-electron chi connectivity index (χ2n) is 6.65. The topological polar surface area (TPSA) is 25.5 Å². The predicted molar refractivity (Wildman–Crippen MR) is 110 cm³/mol. The first-order valence-corrected chi connectivity index (χ1v) is 9.13. The van der Waals surface area contributed by atoms with E-state index in [-0.39, 0.29) is 51.0 Å². The van der Waals surface area contributed by atoms with Gasteiger partial charge in [0.25, 0.3) is 0 Å². The van der Waals surface area contributed by atoms with Crippen molar-refractivity contribution in [3.63, 3.8) is 0 Å². The Balaban J connectivity index is 0.000000302. The van der Waals surface area contributed by atoms with Gasteiger partial charge in [-0.25, -0.2) is 0 Å². The maximum absolute atomic E-state index is 5.84. The average Bonchev–Trinajstić information content (AvgIpc) is 3.37. The van der Waals surface area contributed by atoms with Gasteiger partial charge in [0.1, 0.15) is 0 Å². The number of aliphatic imine (C=N–C) groups is 1. The molecule has 0 bridgehead atoms. The average molecular weight is 503 g/mol. The van der Waals surface area contributed by atoms with Crippen LogP contribution >= 0.6 is 0 Å². The summed E-state index contributed by atoms with van der Waals surface area (Å²) in [5, 5.41) is 2.55. The van der Waals surface area contributed by atoms with E-state index in [1.54, 1.807) is 0 Å². The van der Waals surface area contributed by atoms with Crippen LogP contribution in [0.2, 0.25) is 0 Å². The Bertz CT molecular complexity index is 1040. The van der Waals surface area contributed by atoms with Crippen LogP contribution in [0.1, 0.15) is 26.0 Å². The largest absolute Gasteiger partial charge is 3.00 e. The summed E-state index contributed by atoms with van der Waals surface area (Å²) in [6, 6.07) is 16.9. The Morgan fingerprint density at radius 3 is 2.59 bits per heavy atom. The number of aryl methyl sites for hydroxylation is 1. The van der Waals surface area contributed by atoms with Crippen LogP contribution in [0, 0.1) is 0 Å². The summed E-state index contributed by atoms with van der Waals surface area (Å²) in [6.45, 7) is 4.18. The Morgan fingerprint density at radius 2 is 1.86 bits per heavy atom. The summed E-state index contributed by atoms with van der Waals surface area (Å²) in [5.41, 5.74) is 4.66. The molecule has 3 aromatic rings. The number of hydrogen-bond donors (Lipinski definition) is 0. The van der Waals surface area contributed by atoms with E-state index >= 15 is 0 Å². The van der Waals surface area contributed by atoms with Gasteiger partial charge in [-0.15, -0.1) is 29.0 Å². The standard InChI is InChI=1S/C16H15O.C8H7N.2ClH.Zr/c1-2-5-15-8-9-16(17-15)14-10-12-6-3-4-7-13(12)11-14;1-6-5-7-3-2-4-8(7)9-6;;;/h3-4,6-11H,2,5H2,1H3;2-5H,1H3;2*1H;/q-1;;;;+3/p-2. The van der Waals surface area contributed by atoms with Gasteiger partial charge in [-0.3, -0.25) is 4.99 Å². The van der Waals surface area contributed by atoms with Gasteiger partial charge in [0, 0.05) is 17.7 Å². The summed E-state index contributed by atoms with van der Waals surface area (Å²) in [6.07, 6.45) is 10.4. The van der Waals surface area contributed by atoms with Crippen LogP contribution in [0.25, 0.3) is 22.1 Å². The summed E-state index contributed by atoms with van der Waals surface area (Å²) in [4.78, 5) is 4.27. The minimum absolute atomic E-state index is 0. The van der Waals surface area contributed by atoms with Crippen LogP contribution in [0.3, 0.4) is 0 Å². The number of benzene rings is 1. The van der Waals surface area contributed by atoms with E-state index in [4.69, 9.17) is 4.42 Å². The maximum atomic E-state index is 5.84. The predicted octanol–water partition coefficient (Wildman–Crippen LogP) is 0.618. The number of rotatable bonds is 3. The van der Waals surface area contributed by atoms with E-state index in [1.165, 1.54) is 21.9 Å². The molecule has 2 heterocycles. The van der Waals surface area contributed by atoms with Crippen molar-refractivity contribution in [2.75, 3.05) is 0 Å². The smallest absolute Gasteiger partial charge is 1.00 e. The fourth-order valence-corrected chi connectivity index (χ4v) is 3.30. The molecular formula is C24H22Cl2NOZr. The first-order valence-electron chi connectivity index (χ1n) is 9.13. The van der Waals surface area contributed by atoms with Crippen LogP contribution in [0.5, 0.6) is 0 Å². The van der Waals surface area contributed by atoms with Gasteiger partial charge in [0.15, 0.2) is 0 Å². The fourth-order valence-electron chi connectivity index (χ4n) is 3.30. The molecule has 1 radical (unpaired) electrons. The quantitative estimate of drug-likeness (QED) is 0.483. The van der Waals surface area contributed by atoms with Gasteiger partial charge < -0.3 is 29.2 Å². The number of nitrogens with zero attached hydrogens (tertiary/aromatic N) is 1. The summed E-state index contributed by atoms with van der Waals surface area (Å²) in [5.74, 6) is 2.05. The molecule has 2 aromatic carbocycles. The van der Waals surface area contributed by atoms with Gasteiger partial charge >= 0.3 is 26.2 Å². The molecule has 0 unspecified atom stereocenters. The molecule has 0 saturated heterocycles. The number of halogens is 2. The van der Waals surface area contributed by atoms with Crippen molar-refractivity contribution < 1.29 is 55.4 Å². The minimum Gasteiger partial charge on any atom is -1.00 e. The molecule has 0 fully saturated rings. The molecule has 5 rings (SSSR count). The molecule has 2 aliphatic rings. The van der Waals surface area contributed by atoms with Crippen molar-refractivity contribution in [1.29, 1.82) is 0 Å². The SMILES string of the molecule is CC1=NC2=CC=CC2=C1.CCCc1ccc(-c2cc3ccccc3[cH-]2)o1.[Cl-].[Cl-].[Zr+3]. The molecule has 1 aromatic heterocycles. The van der Waals surface area contributed by atoms with E-state index < -0.39 is 0 Å². The zero-order valence-corrected chi connectivity index (χ0v) is 20.4. The van der Waals surface area contributed by atoms with Crippen molar-refractivity contribution in [2.45, 2.75) is 26.7 Å². The molecular weight excluding hydrogens is 480 g/mol. The van der Waals surface area contributed by atoms with E-state index in [1.807, 2.05) is 19.1 Å². The van der Waals surface area contributed by atoms with E-state index in [2.05, 4.69) is 72.6 Å². The van der Waals surface area contributed by atoms with Crippen LogP contribution in [0.15, 0.2) is 93.5 Å². The first kappa shape index (κ1) is 25.5. The molecule has 1 aliphatic heterocycles. The second kappa shape index (κ2) is 11.6. The molecule has 5 heteroatoms. The van der Waals surface area contributed by atoms with Gasteiger partial charge in [-0.2, -0.15) is 0 Å². The fraction of sp³-hybridized carbons (Fsp3) is 0.167. The van der Waals surface area contributed by atoms with Crippen molar-refractivity contribution in [2.24, 2.45) is 4.99 Å². The number of fused-ring (bicyclic) bond motifs is 2. The Morgan fingerprint density at radius 1 is 1.07 bits per heavy atom. The molecule has 29 heavy (non-hydrogen) atoms. The molecule has 1 aliphatic carbocycles. The van der Waals surface area contributed by atoms with Crippen molar-refractivity contribution in [3.05, 3.63) is 89.9 Å². The second-order valence-corrected chi connectivity index (χ2v) is 6.65. The minimum atomic E-state index is 0. The van der Waals surface area contributed by atoms with Gasteiger partial charge in [0.05, 0.1) is 17.2 Å². The van der Waals surface area contributed by atoms with Gasteiger partial charge in [0.2, 0.25) is 0 Å². The van der Waals surface area contributed by atoms with Gasteiger partial charge in [-0.05, 0) is 37.6 Å². The van der Waals surface area contributed by atoms with Crippen molar-refractivity contribution in [3.8, 4) is 11.3 Å². The molecule has 147 valence electrons. The van der Waals surface area contributed by atoms with E-state index in [0.717, 1.165) is 35.8 Å². The molecule has 0 N–H and O–H groups in total. The number of allylic oxidation sites excluding steroid dienone is 4. The maximum Gasteiger partial charge on any atom is 3.00 e. The Hall–Kier alpha value is -1.54. The normalized spacial score (nSPS) is 13.1. The Kier molecular flexibility index (Phi) is 10.2. The first-order chi connectivity index (χ1) is 12.7. The van der Waals surface area contributed by atoms with E-state index in [9.17, 15) is 0 Å². The van der Waals surface area contributed by atoms with Crippen LogP contribution in [-0.2, 0) is 32.6 Å². The third-order valence-corrected chi connectivity index (χ3v) is 4.55. The number of hydrogen-bond acceptors (Lipinski definition) is 2. The van der Waals surface area contributed by atoms with Crippen LogP contribution < -0.4 is 24.8 Å². The Labute approximate surface area is 203 Å². The molecule has 2 nitrogen and oxygen atoms in total. The molecule has 0 saturated carbocycles. The summed E-state index contributed by atoms with van der Waals surface area (Å²) >= 11 is 0. The van der Waals surface area contributed by atoms with Crippen molar-refractivity contribution in [1.82, 2.24) is 0 Å². The zero-order valence-electron chi connectivity index (χ0n) is 16.5. The molecule has 0 atom stereocenters. The third kappa shape index (κ3) is 5.98. The number of furan rings is 1. The van der Waals surface area contributed by atoms with Gasteiger partial charge in [-0.1, -0.05) is 42.8 Å². The van der Waals surface area contributed by atoms with Crippen molar-refractivity contribution >= 4 is 16.5 Å². The molecule has 0 amide bonds. The van der Waals surface area contributed by atoms with E-state index in [0.29, 0.717) is 0 Å². The van der Waals surface area contributed by atoms with Crippen LogP contribution in [0.4, 0.5) is 0 Å². The summed E-state index contributed by atoms with van der Waals surface area (Å²) < 4.78 is 5.84. The zero-order chi connectivity index (χ0) is 17.9. The monoisotopic (exact) mass is 500 g/mol.